The molecule has 0 fully saturated rings. The Morgan fingerprint density at radius 1 is 1.33 bits per heavy atom. The standard InChI is InChI=1S/C23H23N3O/c1-4-15-6-5-7-17(12-15)25-22-20-18(13-23(2,3)14-19(20)27)26-21(22)16-8-10-24-11-9-16/h1,5-8,10-12,16,25-26H,9,13-14H2,2-3H3. The Hall–Kier alpha value is -3.06. The molecule has 27 heavy (non-hydrogen) atoms. The Kier molecular flexibility index (Phi) is 4.24. The minimum atomic E-state index is -0.0310. The molecule has 0 spiro atoms. The first-order chi connectivity index (χ1) is 13.0. The lowest BCUT2D eigenvalue weighted by Gasteiger charge is -2.28. The van der Waals surface area contributed by atoms with E-state index in [0.29, 0.717) is 6.42 Å². The van der Waals surface area contributed by atoms with Crippen LogP contribution in [0.5, 0.6) is 0 Å². The van der Waals surface area contributed by atoms with Crippen molar-refractivity contribution in [2.45, 2.75) is 39.0 Å². The molecule has 0 radical (unpaired) electrons. The van der Waals surface area contributed by atoms with E-state index in [1.54, 1.807) is 0 Å². The summed E-state index contributed by atoms with van der Waals surface area (Å²) >= 11 is 0. The maximum atomic E-state index is 13.0. The van der Waals surface area contributed by atoms with Crippen LogP contribution in [-0.2, 0) is 6.42 Å². The third-order valence-corrected chi connectivity index (χ3v) is 5.22. The van der Waals surface area contributed by atoms with Gasteiger partial charge in [-0.25, -0.2) is 0 Å². The van der Waals surface area contributed by atoms with Crippen molar-refractivity contribution in [1.82, 2.24) is 4.98 Å². The van der Waals surface area contributed by atoms with E-state index >= 15 is 0 Å². The second-order valence-electron chi connectivity index (χ2n) is 8.07. The molecule has 0 saturated carbocycles. The molecule has 0 bridgehead atoms. The molecule has 1 unspecified atom stereocenters. The average Bonchev–Trinajstić information content (AvgIpc) is 2.99. The zero-order valence-electron chi connectivity index (χ0n) is 15.7. The smallest absolute Gasteiger partial charge is 0.167 e. The molecule has 2 N–H and O–H groups in total. The van der Waals surface area contributed by atoms with E-state index in [4.69, 9.17) is 6.42 Å². The second-order valence-corrected chi connectivity index (χ2v) is 8.07. The number of allylic oxidation sites excluding steroid dienone is 1. The fourth-order valence-corrected chi connectivity index (χ4v) is 4.00. The second kappa shape index (κ2) is 6.59. The molecule has 0 saturated heterocycles. The minimum absolute atomic E-state index is 0.0310. The number of fused-ring (bicyclic) bond motifs is 1. The maximum absolute atomic E-state index is 13.0. The summed E-state index contributed by atoms with van der Waals surface area (Å²) in [5.41, 5.74) is 5.41. The lowest BCUT2D eigenvalue weighted by molar-refractivity contribution is 0.0912. The van der Waals surface area contributed by atoms with Gasteiger partial charge in [-0.2, -0.15) is 0 Å². The summed E-state index contributed by atoms with van der Waals surface area (Å²) in [6.07, 6.45) is 13.6. The predicted molar refractivity (Wildman–Crippen MR) is 110 cm³/mol. The number of hydrogen-bond acceptors (Lipinski definition) is 3. The number of nitrogens with zero attached hydrogens (tertiary/aromatic N) is 1. The Bertz CT molecular complexity index is 1000. The number of anilines is 2. The Morgan fingerprint density at radius 2 is 2.19 bits per heavy atom. The van der Waals surface area contributed by atoms with Crippen LogP contribution in [0.25, 0.3) is 0 Å². The van der Waals surface area contributed by atoms with Crippen LogP contribution in [0.2, 0.25) is 0 Å². The number of rotatable bonds is 3. The van der Waals surface area contributed by atoms with Gasteiger partial charge in [0.05, 0.1) is 11.3 Å². The van der Waals surface area contributed by atoms with Crippen molar-refractivity contribution >= 4 is 23.4 Å². The molecule has 1 aromatic carbocycles. The van der Waals surface area contributed by atoms with Crippen molar-refractivity contribution in [2.75, 3.05) is 5.32 Å². The molecule has 1 aromatic heterocycles. The number of aromatic nitrogens is 1. The minimum Gasteiger partial charge on any atom is -0.359 e. The summed E-state index contributed by atoms with van der Waals surface area (Å²) in [5.74, 6) is 3.02. The molecule has 4 heteroatoms. The van der Waals surface area contributed by atoms with Gasteiger partial charge in [0.1, 0.15) is 0 Å². The van der Waals surface area contributed by atoms with E-state index < -0.39 is 0 Å². The molecular formula is C23H23N3O. The molecule has 4 nitrogen and oxygen atoms in total. The lowest BCUT2D eigenvalue weighted by atomic mass is 9.76. The fraction of sp³-hybridized carbons (Fsp3) is 0.304. The molecular weight excluding hydrogens is 334 g/mol. The van der Waals surface area contributed by atoms with Crippen molar-refractivity contribution in [1.29, 1.82) is 0 Å². The van der Waals surface area contributed by atoms with Crippen molar-refractivity contribution in [3.8, 4) is 12.3 Å². The van der Waals surface area contributed by atoms with E-state index in [2.05, 4.69) is 41.1 Å². The zero-order valence-corrected chi connectivity index (χ0v) is 15.7. The van der Waals surface area contributed by atoms with Gasteiger partial charge in [0.2, 0.25) is 0 Å². The van der Waals surface area contributed by atoms with E-state index in [1.165, 1.54) is 0 Å². The van der Waals surface area contributed by atoms with Crippen LogP contribution < -0.4 is 5.32 Å². The highest BCUT2D eigenvalue weighted by molar-refractivity contribution is 6.05. The molecule has 2 aromatic rings. The molecule has 1 aliphatic carbocycles. The van der Waals surface area contributed by atoms with Crippen molar-refractivity contribution in [2.24, 2.45) is 10.4 Å². The van der Waals surface area contributed by atoms with Gasteiger partial charge in [0.15, 0.2) is 5.78 Å². The number of nitrogens with one attached hydrogen (secondary N) is 2. The number of carbonyl (C=O) groups is 1. The normalized spacial score (nSPS) is 20.2. The first kappa shape index (κ1) is 17.4. The third kappa shape index (κ3) is 3.33. The van der Waals surface area contributed by atoms with Crippen LogP contribution in [0.15, 0.2) is 41.5 Å². The van der Waals surface area contributed by atoms with Gasteiger partial charge >= 0.3 is 0 Å². The van der Waals surface area contributed by atoms with Crippen LogP contribution in [0.4, 0.5) is 11.4 Å². The summed E-state index contributed by atoms with van der Waals surface area (Å²) < 4.78 is 0. The number of benzene rings is 1. The lowest BCUT2D eigenvalue weighted by Crippen LogP contribution is -2.26. The van der Waals surface area contributed by atoms with Gasteiger partial charge in [0.25, 0.3) is 0 Å². The highest BCUT2D eigenvalue weighted by Crippen LogP contribution is 2.43. The van der Waals surface area contributed by atoms with Crippen LogP contribution in [0.1, 0.15) is 59.9 Å². The number of aromatic amines is 1. The zero-order chi connectivity index (χ0) is 19.0. The van der Waals surface area contributed by atoms with Crippen LogP contribution in [0.3, 0.4) is 0 Å². The number of hydrogen-bond donors (Lipinski definition) is 2. The predicted octanol–water partition coefficient (Wildman–Crippen LogP) is 4.97. The van der Waals surface area contributed by atoms with E-state index in [0.717, 1.165) is 46.7 Å². The number of carbonyl (C=O) groups excluding carboxylic acids is 1. The molecule has 4 rings (SSSR count). The molecule has 2 heterocycles. The molecule has 0 amide bonds. The molecule has 2 aliphatic rings. The van der Waals surface area contributed by atoms with Crippen molar-refractivity contribution in [3.63, 3.8) is 0 Å². The molecule has 136 valence electrons. The number of H-pyrrole nitrogens is 1. The first-order valence-electron chi connectivity index (χ1n) is 9.27. The van der Waals surface area contributed by atoms with Crippen molar-refractivity contribution < 1.29 is 4.79 Å². The topological polar surface area (TPSA) is 57.2 Å². The van der Waals surface area contributed by atoms with Crippen molar-refractivity contribution in [3.05, 3.63) is 59.1 Å². The number of ketones is 1. The first-order valence-corrected chi connectivity index (χ1v) is 9.27. The van der Waals surface area contributed by atoms with Crippen LogP contribution in [-0.4, -0.2) is 17.0 Å². The van der Waals surface area contributed by atoms with Gasteiger partial charge in [0, 0.05) is 47.4 Å². The summed E-state index contributed by atoms with van der Waals surface area (Å²) in [4.78, 5) is 20.7. The molecule has 1 atom stereocenters. The van der Waals surface area contributed by atoms with Crippen LogP contribution in [0, 0.1) is 17.8 Å². The van der Waals surface area contributed by atoms with E-state index in [1.807, 2.05) is 36.7 Å². The number of terminal acetylenes is 1. The van der Waals surface area contributed by atoms with Gasteiger partial charge in [-0.05, 0) is 36.5 Å². The third-order valence-electron chi connectivity index (χ3n) is 5.22. The fourth-order valence-electron chi connectivity index (χ4n) is 4.00. The highest BCUT2D eigenvalue weighted by Gasteiger charge is 2.36. The number of Topliss-reactive ketones (excluding diaryl/α,β-unsaturated/α-hetero) is 1. The summed E-state index contributed by atoms with van der Waals surface area (Å²) in [5, 5.41) is 3.48. The maximum Gasteiger partial charge on any atom is 0.167 e. The number of aliphatic imine (C=N–C) groups is 1. The largest absolute Gasteiger partial charge is 0.359 e. The summed E-state index contributed by atoms with van der Waals surface area (Å²) in [7, 11) is 0. The SMILES string of the molecule is C#Cc1cccc(Nc2c(C3C=CN=CC3)[nH]c3c2C(=O)CC(C)(C)C3)c1. The monoisotopic (exact) mass is 357 g/mol. The van der Waals surface area contributed by atoms with Crippen LogP contribution >= 0.6 is 0 Å². The van der Waals surface area contributed by atoms with Gasteiger partial charge in [-0.1, -0.05) is 31.9 Å². The quantitative estimate of drug-likeness (QED) is 0.762. The average molecular weight is 357 g/mol. The summed E-state index contributed by atoms with van der Waals surface area (Å²) in [6, 6.07) is 7.72. The Balaban J connectivity index is 1.81. The molecule has 1 aliphatic heterocycles. The Labute approximate surface area is 159 Å². The van der Waals surface area contributed by atoms with E-state index in [-0.39, 0.29) is 17.1 Å². The highest BCUT2D eigenvalue weighted by atomic mass is 16.1. The Morgan fingerprint density at radius 3 is 2.93 bits per heavy atom. The van der Waals surface area contributed by atoms with Gasteiger partial charge in [-0.15, -0.1) is 6.42 Å². The van der Waals surface area contributed by atoms with E-state index in [9.17, 15) is 4.79 Å². The summed E-state index contributed by atoms with van der Waals surface area (Å²) in [6.45, 7) is 4.29. The van der Waals surface area contributed by atoms with Gasteiger partial charge in [-0.3, -0.25) is 9.79 Å². The van der Waals surface area contributed by atoms with Gasteiger partial charge < -0.3 is 10.3 Å².